The molecule has 0 radical (unpaired) electrons. The van der Waals surface area contributed by atoms with Crippen LogP contribution in [-0.4, -0.2) is 17.2 Å². The van der Waals surface area contributed by atoms with Crippen molar-refractivity contribution < 1.29 is 9.90 Å². The molecule has 0 fully saturated rings. The number of amides is 1. The fraction of sp³-hybridized carbons (Fsp3) is 0.200. The van der Waals surface area contributed by atoms with Crippen LogP contribution in [0, 0.1) is 0 Å². The molecule has 3 heteroatoms. The van der Waals surface area contributed by atoms with Gasteiger partial charge in [0.25, 0.3) is 5.91 Å². The van der Waals surface area contributed by atoms with Crippen molar-refractivity contribution in [3.63, 3.8) is 0 Å². The standard InChI is InChI=1S/C5H5NO2/c1-3(7)4-2-6-5(4)8/h2,7H,1H3/b4-3-. The highest BCUT2D eigenvalue weighted by Crippen LogP contribution is 2.07. The topological polar surface area (TPSA) is 49.7 Å². The summed E-state index contributed by atoms with van der Waals surface area (Å²) in [6.07, 6.45) is 1.34. The van der Waals surface area contributed by atoms with Crippen LogP contribution in [0.1, 0.15) is 6.92 Å². The summed E-state index contributed by atoms with van der Waals surface area (Å²) < 4.78 is 0. The summed E-state index contributed by atoms with van der Waals surface area (Å²) in [5, 5.41) is 8.61. The maximum atomic E-state index is 10.3. The Morgan fingerprint density at radius 2 is 2.50 bits per heavy atom. The van der Waals surface area contributed by atoms with Crippen LogP contribution >= 0.6 is 0 Å². The highest BCUT2D eigenvalue weighted by Gasteiger charge is 2.16. The van der Waals surface area contributed by atoms with Crippen molar-refractivity contribution in [1.82, 2.24) is 0 Å². The van der Waals surface area contributed by atoms with Crippen molar-refractivity contribution in [2.24, 2.45) is 4.99 Å². The molecule has 0 aromatic heterocycles. The molecule has 3 nitrogen and oxygen atoms in total. The van der Waals surface area contributed by atoms with E-state index in [1.54, 1.807) is 0 Å². The molecule has 0 unspecified atom stereocenters. The van der Waals surface area contributed by atoms with Crippen LogP contribution in [0.5, 0.6) is 0 Å². The van der Waals surface area contributed by atoms with E-state index in [1.165, 1.54) is 13.1 Å². The minimum absolute atomic E-state index is 0.0463. The van der Waals surface area contributed by atoms with Gasteiger partial charge in [0.2, 0.25) is 0 Å². The lowest BCUT2D eigenvalue weighted by atomic mass is 10.2. The van der Waals surface area contributed by atoms with E-state index in [1.807, 2.05) is 0 Å². The molecule has 0 aliphatic carbocycles. The summed E-state index contributed by atoms with van der Waals surface area (Å²) in [5.74, 6) is -0.282. The van der Waals surface area contributed by atoms with Gasteiger partial charge in [-0.2, -0.15) is 0 Å². The number of aliphatic hydroxyl groups excluding tert-OH is 1. The van der Waals surface area contributed by atoms with E-state index >= 15 is 0 Å². The molecule has 0 aromatic rings. The van der Waals surface area contributed by atoms with Gasteiger partial charge in [0, 0.05) is 6.21 Å². The van der Waals surface area contributed by atoms with Crippen LogP contribution < -0.4 is 0 Å². The first-order chi connectivity index (χ1) is 3.72. The molecule has 1 aliphatic heterocycles. The Kier molecular flexibility index (Phi) is 0.901. The van der Waals surface area contributed by atoms with Crippen LogP contribution in [0.2, 0.25) is 0 Å². The molecule has 0 spiro atoms. The molecular formula is C5H5NO2. The van der Waals surface area contributed by atoms with Gasteiger partial charge in [-0.3, -0.25) is 4.79 Å². The van der Waals surface area contributed by atoms with Crippen molar-refractivity contribution in [3.05, 3.63) is 11.3 Å². The minimum Gasteiger partial charge on any atom is -0.512 e. The van der Waals surface area contributed by atoms with Gasteiger partial charge >= 0.3 is 0 Å². The third kappa shape index (κ3) is 0.521. The molecule has 0 atom stereocenters. The molecule has 1 rings (SSSR count). The fourth-order valence-electron chi connectivity index (χ4n) is 0.430. The Hall–Kier alpha value is -1.12. The Bertz CT molecular complexity index is 187. The van der Waals surface area contributed by atoms with Gasteiger partial charge < -0.3 is 5.11 Å². The van der Waals surface area contributed by atoms with Crippen LogP contribution in [0.15, 0.2) is 16.3 Å². The number of hydrogen-bond donors (Lipinski definition) is 1. The number of aliphatic hydroxyl groups is 1. The van der Waals surface area contributed by atoms with Gasteiger partial charge in [-0.15, -0.1) is 0 Å². The Balaban J connectivity index is 2.95. The molecule has 0 saturated carbocycles. The normalized spacial score (nSPS) is 22.9. The molecular weight excluding hydrogens is 106 g/mol. The van der Waals surface area contributed by atoms with Crippen LogP contribution in [-0.2, 0) is 4.79 Å². The maximum Gasteiger partial charge on any atom is 0.281 e. The third-order valence-corrected chi connectivity index (χ3v) is 0.931. The predicted molar refractivity (Wildman–Crippen MR) is 28.8 cm³/mol. The Morgan fingerprint density at radius 3 is 2.50 bits per heavy atom. The van der Waals surface area contributed by atoms with Crippen molar-refractivity contribution in [1.29, 1.82) is 0 Å². The average Bonchev–Trinajstić information content (AvgIpc) is 1.61. The first-order valence-corrected chi connectivity index (χ1v) is 2.20. The maximum absolute atomic E-state index is 10.3. The van der Waals surface area contributed by atoms with Gasteiger partial charge in [-0.1, -0.05) is 0 Å². The number of carbonyl (C=O) groups is 1. The summed E-state index contributed by atoms with van der Waals surface area (Å²) in [6.45, 7) is 1.46. The van der Waals surface area contributed by atoms with E-state index in [0.717, 1.165) is 0 Å². The second-order valence-corrected chi connectivity index (χ2v) is 1.56. The molecule has 0 saturated heterocycles. The zero-order valence-electron chi connectivity index (χ0n) is 4.38. The zero-order valence-corrected chi connectivity index (χ0v) is 4.38. The van der Waals surface area contributed by atoms with Crippen LogP contribution in [0.25, 0.3) is 0 Å². The van der Waals surface area contributed by atoms with E-state index in [2.05, 4.69) is 4.99 Å². The van der Waals surface area contributed by atoms with Crippen LogP contribution in [0.4, 0.5) is 0 Å². The van der Waals surface area contributed by atoms with E-state index < -0.39 is 0 Å². The first kappa shape index (κ1) is 5.03. The van der Waals surface area contributed by atoms with E-state index in [4.69, 9.17) is 5.11 Å². The number of rotatable bonds is 0. The minimum atomic E-state index is -0.329. The number of nitrogens with zero attached hydrogens (tertiary/aromatic N) is 1. The first-order valence-electron chi connectivity index (χ1n) is 2.20. The Morgan fingerprint density at radius 1 is 1.88 bits per heavy atom. The number of carbonyl (C=O) groups excluding carboxylic acids is 1. The highest BCUT2D eigenvalue weighted by atomic mass is 16.3. The molecule has 1 amide bonds. The fourth-order valence-corrected chi connectivity index (χ4v) is 0.430. The SMILES string of the molecule is C/C(O)=C1\C=NC1=O. The van der Waals surface area contributed by atoms with E-state index in [0.29, 0.717) is 5.57 Å². The number of aliphatic imine (C=N–C) groups is 1. The van der Waals surface area contributed by atoms with E-state index in [9.17, 15) is 4.79 Å². The number of hydrogen-bond acceptors (Lipinski definition) is 2. The van der Waals surface area contributed by atoms with Gasteiger partial charge in [0.1, 0.15) is 5.76 Å². The average molecular weight is 111 g/mol. The summed E-state index contributed by atoms with van der Waals surface area (Å²) in [5.41, 5.74) is 0.324. The molecule has 1 aliphatic rings. The van der Waals surface area contributed by atoms with Crippen molar-refractivity contribution in [3.8, 4) is 0 Å². The molecule has 1 heterocycles. The van der Waals surface area contributed by atoms with Crippen molar-refractivity contribution in [2.75, 3.05) is 0 Å². The summed E-state index contributed by atoms with van der Waals surface area (Å²) in [4.78, 5) is 13.5. The van der Waals surface area contributed by atoms with Gasteiger partial charge in [0.05, 0.1) is 5.57 Å². The van der Waals surface area contributed by atoms with Gasteiger partial charge in [0.15, 0.2) is 0 Å². The van der Waals surface area contributed by atoms with Crippen molar-refractivity contribution in [2.45, 2.75) is 6.92 Å². The second kappa shape index (κ2) is 1.43. The quantitative estimate of drug-likeness (QED) is 0.364. The highest BCUT2D eigenvalue weighted by molar-refractivity contribution is 6.24. The summed E-state index contributed by atoms with van der Waals surface area (Å²) >= 11 is 0. The third-order valence-electron chi connectivity index (χ3n) is 0.931. The molecule has 1 N–H and O–H groups in total. The largest absolute Gasteiger partial charge is 0.512 e. The lowest BCUT2D eigenvalue weighted by Crippen LogP contribution is -2.12. The van der Waals surface area contributed by atoms with Gasteiger partial charge in [-0.05, 0) is 6.92 Å². The lowest BCUT2D eigenvalue weighted by Gasteiger charge is -2.03. The predicted octanol–water partition coefficient (Wildman–Crippen LogP) is 0.429. The Labute approximate surface area is 46.4 Å². The van der Waals surface area contributed by atoms with Crippen LogP contribution in [0.3, 0.4) is 0 Å². The number of allylic oxidation sites excluding steroid dienone is 1. The van der Waals surface area contributed by atoms with Gasteiger partial charge in [-0.25, -0.2) is 4.99 Å². The smallest absolute Gasteiger partial charge is 0.281 e. The monoisotopic (exact) mass is 111 g/mol. The lowest BCUT2D eigenvalue weighted by molar-refractivity contribution is -0.114. The van der Waals surface area contributed by atoms with E-state index in [-0.39, 0.29) is 11.7 Å². The molecule has 0 aromatic carbocycles. The van der Waals surface area contributed by atoms with Crippen molar-refractivity contribution >= 4 is 12.1 Å². The molecule has 42 valence electrons. The summed E-state index contributed by atoms with van der Waals surface area (Å²) in [7, 11) is 0. The second-order valence-electron chi connectivity index (χ2n) is 1.56. The molecule has 0 bridgehead atoms. The summed E-state index contributed by atoms with van der Waals surface area (Å²) in [6, 6.07) is 0. The molecule has 8 heavy (non-hydrogen) atoms. The zero-order chi connectivity index (χ0) is 6.15.